The Labute approximate surface area is 172 Å². The molecule has 5 nitrogen and oxygen atoms in total. The number of allylic oxidation sites excluding steroid dienone is 1. The second-order valence-electron chi connectivity index (χ2n) is 8.05. The molecule has 0 bridgehead atoms. The number of aryl methyl sites for hydroxylation is 1. The summed E-state index contributed by atoms with van der Waals surface area (Å²) < 4.78 is 27.5. The summed E-state index contributed by atoms with van der Waals surface area (Å²) in [6, 6.07) is 9.78. The van der Waals surface area contributed by atoms with Gasteiger partial charge in [0.05, 0.1) is 0 Å². The van der Waals surface area contributed by atoms with E-state index in [1.165, 1.54) is 11.8 Å². The predicted octanol–water partition coefficient (Wildman–Crippen LogP) is 4.27. The first-order valence-electron chi connectivity index (χ1n) is 9.66. The number of sulfonamides is 1. The molecule has 0 radical (unpaired) electrons. The van der Waals surface area contributed by atoms with Crippen molar-refractivity contribution in [3.05, 3.63) is 58.4 Å². The second kappa shape index (κ2) is 8.05. The van der Waals surface area contributed by atoms with E-state index in [2.05, 4.69) is 37.2 Å². The van der Waals surface area contributed by atoms with Gasteiger partial charge in [-0.05, 0) is 23.5 Å². The van der Waals surface area contributed by atoms with Gasteiger partial charge < -0.3 is 4.57 Å². The molecule has 0 fully saturated rings. The van der Waals surface area contributed by atoms with Gasteiger partial charge >= 0.3 is 0 Å². The van der Waals surface area contributed by atoms with Crippen LogP contribution in [-0.2, 0) is 23.0 Å². The van der Waals surface area contributed by atoms with Crippen molar-refractivity contribution in [2.24, 2.45) is 16.5 Å². The molecule has 2 aromatic rings. The molecule has 1 aromatic carbocycles. The average Bonchev–Trinajstić information content (AvgIpc) is 3.17. The highest BCUT2D eigenvalue weighted by Crippen LogP contribution is 2.58. The van der Waals surface area contributed by atoms with Crippen molar-refractivity contribution < 1.29 is 8.42 Å². The van der Waals surface area contributed by atoms with Crippen molar-refractivity contribution in [3.8, 4) is 0 Å². The fraction of sp³-hybridized carbons (Fsp3) is 0.476. The van der Waals surface area contributed by atoms with Gasteiger partial charge in [0.25, 0.3) is 0 Å². The number of aromatic nitrogens is 2. The standard InChI is InChI=1S/C21H29N3O2S2/c1-5-18-23-11-12-24(18)14-21(4)17(13-15(2)3)27-20(28(22,25)26)19(21)16-9-7-6-8-10-16/h6-12,15,17H,5,13-14H2,1-4H3,(H2,22,25,26). The van der Waals surface area contributed by atoms with Gasteiger partial charge in [-0.2, -0.15) is 0 Å². The molecule has 1 aliphatic rings. The van der Waals surface area contributed by atoms with Crippen molar-refractivity contribution in [2.75, 3.05) is 0 Å². The normalized spacial score (nSPS) is 23.0. The van der Waals surface area contributed by atoms with Gasteiger partial charge in [-0.3, -0.25) is 0 Å². The highest BCUT2D eigenvalue weighted by Gasteiger charge is 2.49. The van der Waals surface area contributed by atoms with E-state index in [1.54, 1.807) is 0 Å². The van der Waals surface area contributed by atoms with E-state index in [4.69, 9.17) is 5.14 Å². The first-order chi connectivity index (χ1) is 13.2. The summed E-state index contributed by atoms with van der Waals surface area (Å²) in [6.45, 7) is 9.27. The molecule has 3 rings (SSSR count). The molecular formula is C21H29N3O2S2. The van der Waals surface area contributed by atoms with Crippen LogP contribution in [0.15, 0.2) is 47.0 Å². The lowest BCUT2D eigenvalue weighted by Gasteiger charge is -2.36. The Bertz CT molecular complexity index is 965. The van der Waals surface area contributed by atoms with Crippen molar-refractivity contribution in [1.82, 2.24) is 9.55 Å². The zero-order valence-corrected chi connectivity index (χ0v) is 18.6. The number of imidazole rings is 1. The summed E-state index contributed by atoms with van der Waals surface area (Å²) in [5, 5.41) is 5.80. The van der Waals surface area contributed by atoms with E-state index in [1.807, 2.05) is 42.7 Å². The van der Waals surface area contributed by atoms with Crippen LogP contribution >= 0.6 is 11.8 Å². The van der Waals surface area contributed by atoms with Crippen LogP contribution in [0.25, 0.3) is 5.57 Å². The van der Waals surface area contributed by atoms with Crippen molar-refractivity contribution in [2.45, 2.75) is 52.3 Å². The molecule has 1 aliphatic heterocycles. The fourth-order valence-electron chi connectivity index (χ4n) is 4.04. The van der Waals surface area contributed by atoms with Gasteiger partial charge in [-0.15, -0.1) is 11.8 Å². The number of nitrogens with zero attached hydrogens (tertiary/aromatic N) is 2. The Kier molecular flexibility index (Phi) is 6.08. The summed E-state index contributed by atoms with van der Waals surface area (Å²) >= 11 is 1.42. The Hall–Kier alpha value is -1.57. The van der Waals surface area contributed by atoms with Crippen molar-refractivity contribution in [1.29, 1.82) is 0 Å². The summed E-state index contributed by atoms with van der Waals surface area (Å²) in [4.78, 5) is 4.46. The molecular weight excluding hydrogens is 390 g/mol. The Balaban J connectivity index is 2.20. The first-order valence-corrected chi connectivity index (χ1v) is 12.1. The molecule has 2 N–H and O–H groups in total. The van der Waals surface area contributed by atoms with E-state index in [0.717, 1.165) is 29.8 Å². The van der Waals surface area contributed by atoms with E-state index in [0.29, 0.717) is 16.7 Å². The summed E-state index contributed by atoms with van der Waals surface area (Å²) in [5.74, 6) is 1.45. The number of primary sulfonamides is 1. The third-order valence-electron chi connectivity index (χ3n) is 5.36. The second-order valence-corrected chi connectivity index (χ2v) is 11.0. The Morgan fingerprint density at radius 3 is 2.54 bits per heavy atom. The molecule has 0 spiro atoms. The molecule has 152 valence electrons. The van der Waals surface area contributed by atoms with Gasteiger partial charge in [-0.1, -0.05) is 58.0 Å². The van der Waals surface area contributed by atoms with Gasteiger partial charge in [0.1, 0.15) is 10.1 Å². The number of benzene rings is 1. The maximum absolute atomic E-state index is 12.5. The quantitative estimate of drug-likeness (QED) is 0.727. The maximum atomic E-state index is 12.5. The molecule has 2 atom stereocenters. The SMILES string of the molecule is CCc1nccn1CC1(C)C(c2ccccc2)=C(S(N)(=O)=O)SC1CC(C)C. The minimum atomic E-state index is -3.82. The molecule has 1 aromatic heterocycles. The number of rotatable bonds is 7. The van der Waals surface area contributed by atoms with Crippen LogP contribution in [0, 0.1) is 11.3 Å². The van der Waals surface area contributed by atoms with E-state index >= 15 is 0 Å². The van der Waals surface area contributed by atoms with Crippen LogP contribution in [-0.4, -0.2) is 23.2 Å². The zero-order chi connectivity index (χ0) is 20.5. The average molecular weight is 420 g/mol. The van der Waals surface area contributed by atoms with Crippen molar-refractivity contribution in [3.63, 3.8) is 0 Å². The lowest BCUT2D eigenvalue weighted by molar-refractivity contribution is 0.329. The molecule has 2 unspecified atom stereocenters. The van der Waals surface area contributed by atoms with Crippen LogP contribution in [0.2, 0.25) is 0 Å². The van der Waals surface area contributed by atoms with E-state index in [-0.39, 0.29) is 10.7 Å². The number of nitrogens with two attached hydrogens (primary N) is 1. The zero-order valence-electron chi connectivity index (χ0n) is 16.9. The molecule has 28 heavy (non-hydrogen) atoms. The Morgan fingerprint density at radius 2 is 1.96 bits per heavy atom. The van der Waals surface area contributed by atoms with E-state index in [9.17, 15) is 8.42 Å². The van der Waals surface area contributed by atoms with E-state index < -0.39 is 10.0 Å². The first kappa shape index (κ1) is 21.1. The highest BCUT2D eigenvalue weighted by atomic mass is 32.3. The monoisotopic (exact) mass is 419 g/mol. The predicted molar refractivity (Wildman–Crippen MR) is 117 cm³/mol. The van der Waals surface area contributed by atoms with Crippen molar-refractivity contribution >= 4 is 27.4 Å². The third kappa shape index (κ3) is 4.07. The Morgan fingerprint density at radius 1 is 1.29 bits per heavy atom. The maximum Gasteiger partial charge on any atom is 0.244 e. The molecule has 7 heteroatoms. The van der Waals surface area contributed by atoms with Gasteiger partial charge in [0, 0.05) is 36.0 Å². The minimum absolute atomic E-state index is 0.114. The minimum Gasteiger partial charge on any atom is -0.334 e. The van der Waals surface area contributed by atoms with Gasteiger partial charge in [0.15, 0.2) is 0 Å². The van der Waals surface area contributed by atoms with Crippen LogP contribution in [0.5, 0.6) is 0 Å². The molecule has 2 heterocycles. The largest absolute Gasteiger partial charge is 0.334 e. The number of hydrogen-bond donors (Lipinski definition) is 1. The smallest absolute Gasteiger partial charge is 0.244 e. The molecule has 0 aliphatic carbocycles. The lowest BCUT2D eigenvalue weighted by Crippen LogP contribution is -2.34. The molecule has 0 saturated carbocycles. The summed E-state index contributed by atoms with van der Waals surface area (Å²) in [5.41, 5.74) is 1.37. The van der Waals surface area contributed by atoms with Gasteiger partial charge in [-0.25, -0.2) is 18.5 Å². The number of hydrogen-bond acceptors (Lipinski definition) is 4. The molecule has 0 amide bonds. The highest BCUT2D eigenvalue weighted by molar-refractivity contribution is 8.18. The number of thioether (sulfide) groups is 1. The fourth-order valence-corrected chi connectivity index (χ4v) is 7.22. The van der Waals surface area contributed by atoms with Crippen LogP contribution in [0.4, 0.5) is 0 Å². The topological polar surface area (TPSA) is 78.0 Å². The van der Waals surface area contributed by atoms with Gasteiger partial charge in [0.2, 0.25) is 10.0 Å². The molecule has 0 saturated heterocycles. The van der Waals surface area contributed by atoms with Crippen LogP contribution < -0.4 is 5.14 Å². The van der Waals surface area contributed by atoms with Crippen LogP contribution in [0.1, 0.15) is 45.5 Å². The van der Waals surface area contributed by atoms with Crippen LogP contribution in [0.3, 0.4) is 0 Å². The summed E-state index contributed by atoms with van der Waals surface area (Å²) in [7, 11) is -3.82. The summed E-state index contributed by atoms with van der Waals surface area (Å²) in [6.07, 6.45) is 5.54. The lowest BCUT2D eigenvalue weighted by atomic mass is 9.74. The third-order valence-corrected chi connectivity index (χ3v) is 8.48.